The molecule has 19 heavy (non-hydrogen) atoms. The van der Waals surface area contributed by atoms with Crippen molar-refractivity contribution in [2.24, 2.45) is 5.73 Å². The number of hydrogen-bond acceptors (Lipinski definition) is 3. The summed E-state index contributed by atoms with van der Waals surface area (Å²) in [5, 5.41) is 0.623. The molecule has 98 valence electrons. The number of hydrogen-bond donors (Lipinski definition) is 1. The Bertz CT molecular complexity index is 586. The molecule has 0 spiro atoms. The van der Waals surface area contributed by atoms with Gasteiger partial charge in [-0.3, -0.25) is 4.98 Å². The van der Waals surface area contributed by atoms with E-state index in [1.54, 1.807) is 12.3 Å². The van der Waals surface area contributed by atoms with E-state index >= 15 is 0 Å². The number of thiocarbonyl (C=S) groups is 1. The highest BCUT2D eigenvalue weighted by atomic mass is 35.5. The monoisotopic (exact) mass is 291 g/mol. The van der Waals surface area contributed by atoms with E-state index in [0.717, 1.165) is 16.9 Å². The van der Waals surface area contributed by atoms with Gasteiger partial charge < -0.3 is 10.6 Å². The maximum atomic E-state index is 5.98. The first kappa shape index (κ1) is 13.8. The molecule has 1 aromatic heterocycles. The molecule has 0 aliphatic rings. The molecule has 0 saturated heterocycles. The number of nitrogens with zero attached hydrogens (tertiary/aromatic N) is 2. The quantitative estimate of drug-likeness (QED) is 0.880. The van der Waals surface area contributed by atoms with Crippen molar-refractivity contribution in [1.82, 2.24) is 4.98 Å². The number of aromatic nitrogens is 1. The van der Waals surface area contributed by atoms with Crippen LogP contribution in [0.4, 0.5) is 5.69 Å². The van der Waals surface area contributed by atoms with Gasteiger partial charge >= 0.3 is 0 Å². The Morgan fingerprint density at radius 3 is 2.79 bits per heavy atom. The molecule has 1 heterocycles. The first-order chi connectivity index (χ1) is 9.08. The van der Waals surface area contributed by atoms with Gasteiger partial charge in [0.1, 0.15) is 4.99 Å². The second-order valence-corrected chi connectivity index (χ2v) is 5.08. The zero-order valence-corrected chi connectivity index (χ0v) is 12.1. The van der Waals surface area contributed by atoms with Crippen molar-refractivity contribution in [2.45, 2.75) is 6.54 Å². The summed E-state index contributed by atoms with van der Waals surface area (Å²) in [7, 11) is 1.97. The average molecular weight is 292 g/mol. The number of pyridine rings is 1. The van der Waals surface area contributed by atoms with Gasteiger partial charge in [0.15, 0.2) is 0 Å². The predicted octanol–water partition coefficient (Wildman–Crippen LogP) is 3.01. The van der Waals surface area contributed by atoms with Crippen LogP contribution in [0.2, 0.25) is 5.02 Å². The number of rotatable bonds is 4. The topological polar surface area (TPSA) is 42.2 Å². The molecule has 0 fully saturated rings. The Kier molecular flexibility index (Phi) is 4.35. The molecule has 5 heteroatoms. The van der Waals surface area contributed by atoms with Gasteiger partial charge in [-0.1, -0.05) is 29.9 Å². The maximum absolute atomic E-state index is 5.98. The molecular formula is C14H14ClN3S. The molecule has 0 aliphatic carbocycles. The summed E-state index contributed by atoms with van der Waals surface area (Å²) < 4.78 is 0. The molecule has 0 saturated carbocycles. The molecule has 1 aromatic carbocycles. The summed E-state index contributed by atoms with van der Waals surface area (Å²) in [5.41, 5.74) is 8.45. The van der Waals surface area contributed by atoms with E-state index in [9.17, 15) is 0 Å². The Balaban J connectivity index is 2.28. The molecule has 2 aromatic rings. The van der Waals surface area contributed by atoms with Gasteiger partial charge in [-0.2, -0.15) is 0 Å². The zero-order valence-electron chi connectivity index (χ0n) is 10.5. The number of anilines is 1. The Morgan fingerprint density at radius 1 is 1.37 bits per heavy atom. The molecule has 3 nitrogen and oxygen atoms in total. The van der Waals surface area contributed by atoms with Crippen molar-refractivity contribution in [1.29, 1.82) is 0 Å². The molecule has 2 N–H and O–H groups in total. The third-order valence-corrected chi connectivity index (χ3v) is 3.22. The van der Waals surface area contributed by atoms with Gasteiger partial charge in [0, 0.05) is 29.5 Å². The minimum absolute atomic E-state index is 0.338. The third-order valence-electron chi connectivity index (χ3n) is 2.76. The van der Waals surface area contributed by atoms with Crippen LogP contribution in [0.5, 0.6) is 0 Å². The van der Waals surface area contributed by atoms with Gasteiger partial charge in [0.2, 0.25) is 0 Å². The van der Waals surface area contributed by atoms with Crippen LogP contribution in [-0.4, -0.2) is 17.0 Å². The van der Waals surface area contributed by atoms with E-state index in [2.05, 4.69) is 4.98 Å². The minimum atomic E-state index is 0.338. The lowest BCUT2D eigenvalue weighted by molar-refractivity contribution is 0.884. The number of halogens is 1. The fourth-order valence-corrected chi connectivity index (χ4v) is 2.19. The summed E-state index contributed by atoms with van der Waals surface area (Å²) >= 11 is 11.0. The van der Waals surface area contributed by atoms with E-state index in [1.165, 1.54) is 0 Å². The lowest BCUT2D eigenvalue weighted by atomic mass is 10.1. The van der Waals surface area contributed by atoms with E-state index in [0.29, 0.717) is 16.6 Å². The van der Waals surface area contributed by atoms with Crippen molar-refractivity contribution in [3.8, 4) is 0 Å². The zero-order chi connectivity index (χ0) is 13.8. The lowest BCUT2D eigenvalue weighted by Gasteiger charge is -2.22. The van der Waals surface area contributed by atoms with Crippen LogP contribution in [0.25, 0.3) is 0 Å². The Morgan fingerprint density at radius 2 is 2.16 bits per heavy atom. The maximum Gasteiger partial charge on any atom is 0.106 e. The molecule has 0 atom stereocenters. The number of benzene rings is 1. The van der Waals surface area contributed by atoms with Gasteiger partial charge in [-0.05, 0) is 30.3 Å². The normalized spacial score (nSPS) is 10.2. The van der Waals surface area contributed by atoms with Crippen LogP contribution < -0.4 is 10.6 Å². The van der Waals surface area contributed by atoms with Crippen molar-refractivity contribution < 1.29 is 0 Å². The van der Waals surface area contributed by atoms with Gasteiger partial charge in [0.05, 0.1) is 12.2 Å². The fraction of sp³-hybridized carbons (Fsp3) is 0.143. The molecule has 0 bridgehead atoms. The van der Waals surface area contributed by atoms with E-state index in [-0.39, 0.29) is 0 Å². The van der Waals surface area contributed by atoms with Crippen LogP contribution >= 0.6 is 23.8 Å². The second-order valence-electron chi connectivity index (χ2n) is 4.20. The highest BCUT2D eigenvalue weighted by molar-refractivity contribution is 7.80. The minimum Gasteiger partial charge on any atom is -0.389 e. The lowest BCUT2D eigenvalue weighted by Crippen LogP contribution is -2.22. The van der Waals surface area contributed by atoms with Crippen LogP contribution in [0.15, 0.2) is 42.6 Å². The van der Waals surface area contributed by atoms with Crippen molar-refractivity contribution >= 4 is 34.5 Å². The highest BCUT2D eigenvalue weighted by Crippen LogP contribution is 2.24. The fourth-order valence-electron chi connectivity index (χ4n) is 1.86. The standard InChI is InChI=1S/C14H14ClN3S/c1-18(9-11-4-2-3-7-17-11)13-6-5-10(15)8-12(13)14(16)19/h2-8H,9H2,1H3,(H2,16,19). The Labute approximate surface area is 123 Å². The van der Waals surface area contributed by atoms with Gasteiger partial charge in [0.25, 0.3) is 0 Å². The first-order valence-electron chi connectivity index (χ1n) is 5.78. The first-order valence-corrected chi connectivity index (χ1v) is 6.57. The summed E-state index contributed by atoms with van der Waals surface area (Å²) in [6.07, 6.45) is 1.78. The van der Waals surface area contributed by atoms with Crippen LogP contribution in [0, 0.1) is 0 Å². The average Bonchev–Trinajstić information content (AvgIpc) is 2.39. The summed E-state index contributed by atoms with van der Waals surface area (Å²) in [6.45, 7) is 0.679. The SMILES string of the molecule is CN(Cc1ccccn1)c1ccc(Cl)cc1C(N)=S. The summed E-state index contributed by atoms with van der Waals surface area (Å²) in [6, 6.07) is 11.4. The third kappa shape index (κ3) is 3.43. The summed E-state index contributed by atoms with van der Waals surface area (Å²) in [5.74, 6) is 0. The largest absolute Gasteiger partial charge is 0.389 e. The predicted molar refractivity (Wildman–Crippen MR) is 83.7 cm³/mol. The van der Waals surface area contributed by atoms with Crippen molar-refractivity contribution in [3.63, 3.8) is 0 Å². The van der Waals surface area contributed by atoms with Crippen LogP contribution in [-0.2, 0) is 6.54 Å². The van der Waals surface area contributed by atoms with E-state index in [4.69, 9.17) is 29.6 Å². The van der Waals surface area contributed by atoms with Crippen LogP contribution in [0.1, 0.15) is 11.3 Å². The molecule has 0 radical (unpaired) electrons. The van der Waals surface area contributed by atoms with Crippen LogP contribution in [0.3, 0.4) is 0 Å². The van der Waals surface area contributed by atoms with E-state index < -0.39 is 0 Å². The Hall–Kier alpha value is -1.65. The van der Waals surface area contributed by atoms with Gasteiger partial charge in [-0.25, -0.2) is 0 Å². The van der Waals surface area contributed by atoms with E-state index in [1.807, 2.05) is 42.3 Å². The molecule has 0 unspecified atom stereocenters. The number of nitrogens with two attached hydrogens (primary N) is 1. The highest BCUT2D eigenvalue weighted by Gasteiger charge is 2.11. The molecule has 0 amide bonds. The summed E-state index contributed by atoms with van der Waals surface area (Å²) in [4.78, 5) is 6.69. The van der Waals surface area contributed by atoms with Gasteiger partial charge in [-0.15, -0.1) is 0 Å². The molecular weight excluding hydrogens is 278 g/mol. The molecule has 0 aliphatic heterocycles. The van der Waals surface area contributed by atoms with Crippen molar-refractivity contribution in [2.75, 3.05) is 11.9 Å². The second kappa shape index (κ2) is 5.99. The molecule has 2 rings (SSSR count). The smallest absolute Gasteiger partial charge is 0.106 e. The van der Waals surface area contributed by atoms with Crippen molar-refractivity contribution in [3.05, 3.63) is 58.9 Å².